The number of carbonyl (C=O) groups excluding carboxylic acids is 3. The molecule has 0 radical (unpaired) electrons. The van der Waals surface area contributed by atoms with E-state index in [0.29, 0.717) is 57.3 Å². The molecule has 3 aromatic carbocycles. The zero-order chi connectivity index (χ0) is 28.4. The van der Waals surface area contributed by atoms with E-state index in [-0.39, 0.29) is 12.2 Å². The highest BCUT2D eigenvalue weighted by Crippen LogP contribution is 2.33. The van der Waals surface area contributed by atoms with Crippen LogP contribution < -0.4 is 14.8 Å². The van der Waals surface area contributed by atoms with Crippen molar-refractivity contribution in [3.63, 3.8) is 0 Å². The molecule has 40 heavy (non-hydrogen) atoms. The highest BCUT2D eigenvalue weighted by molar-refractivity contribution is 6.42. The molecular formula is C31H26Cl2N2O5. The third-order valence-electron chi connectivity index (χ3n) is 6.78. The summed E-state index contributed by atoms with van der Waals surface area (Å²) in [6.07, 6.45) is -0.310. The molecule has 2 heterocycles. The molecule has 204 valence electrons. The topological polar surface area (TPSA) is 86.6 Å². The van der Waals surface area contributed by atoms with Crippen LogP contribution in [-0.4, -0.2) is 35.3 Å². The fraction of sp³-hybridized carbons (Fsp3) is 0.194. The number of ketones is 2. The molecule has 1 aliphatic rings. The highest BCUT2D eigenvalue weighted by Gasteiger charge is 2.32. The number of ether oxygens (including phenoxy) is 2. The van der Waals surface area contributed by atoms with Crippen molar-refractivity contribution in [2.24, 2.45) is 5.92 Å². The third kappa shape index (κ3) is 5.62. The summed E-state index contributed by atoms with van der Waals surface area (Å²) in [6, 6.07) is 20.5. The molecule has 1 N–H and O–H groups in total. The minimum atomic E-state index is -1.25. The van der Waals surface area contributed by atoms with Crippen molar-refractivity contribution in [3.05, 3.63) is 105 Å². The van der Waals surface area contributed by atoms with Gasteiger partial charge in [0.25, 0.3) is 0 Å². The maximum absolute atomic E-state index is 13.6. The number of aryl methyl sites for hydroxylation is 1. The Bertz CT molecular complexity index is 1610. The van der Waals surface area contributed by atoms with Crippen LogP contribution in [0.2, 0.25) is 10.0 Å². The van der Waals surface area contributed by atoms with Crippen molar-refractivity contribution in [1.29, 1.82) is 0 Å². The third-order valence-corrected chi connectivity index (χ3v) is 7.52. The molecule has 0 unspecified atom stereocenters. The zero-order valence-electron chi connectivity index (χ0n) is 21.9. The van der Waals surface area contributed by atoms with Crippen LogP contribution in [0.5, 0.6) is 11.5 Å². The van der Waals surface area contributed by atoms with Crippen molar-refractivity contribution in [2.75, 3.05) is 18.5 Å². The molecule has 9 heteroatoms. The monoisotopic (exact) mass is 576 g/mol. The van der Waals surface area contributed by atoms with Gasteiger partial charge in [-0.05, 0) is 50.2 Å². The maximum atomic E-state index is 13.6. The summed E-state index contributed by atoms with van der Waals surface area (Å²) in [5.41, 5.74) is 3.41. The Morgan fingerprint density at radius 3 is 2.33 bits per heavy atom. The van der Waals surface area contributed by atoms with E-state index in [1.807, 2.05) is 24.5 Å². The first-order valence-electron chi connectivity index (χ1n) is 12.7. The number of halogens is 2. The van der Waals surface area contributed by atoms with Crippen LogP contribution in [0.3, 0.4) is 0 Å². The van der Waals surface area contributed by atoms with Gasteiger partial charge < -0.3 is 19.4 Å². The van der Waals surface area contributed by atoms with Crippen LogP contribution in [0.15, 0.2) is 72.8 Å². The number of rotatable bonds is 8. The number of aromatic nitrogens is 1. The number of anilines is 1. The largest absolute Gasteiger partial charge is 0.486 e. The first kappa shape index (κ1) is 27.5. The number of carbonyl (C=O) groups is 3. The second-order valence-electron chi connectivity index (χ2n) is 9.48. The van der Waals surface area contributed by atoms with E-state index in [1.54, 1.807) is 66.7 Å². The molecule has 4 aromatic rings. The molecule has 1 atom stereocenters. The molecule has 5 rings (SSSR count). The second-order valence-corrected chi connectivity index (χ2v) is 10.3. The molecule has 1 aromatic heterocycles. The predicted molar refractivity (Wildman–Crippen MR) is 155 cm³/mol. The Kier molecular flexibility index (Phi) is 7.96. The van der Waals surface area contributed by atoms with Crippen LogP contribution in [0.25, 0.3) is 5.69 Å². The van der Waals surface area contributed by atoms with E-state index >= 15 is 0 Å². The molecule has 0 saturated carbocycles. The minimum absolute atomic E-state index is 0.310. The predicted octanol–water partition coefficient (Wildman–Crippen LogP) is 6.88. The number of Topliss-reactive ketones (excluding diaryl/α,β-unsaturated/α-hetero) is 2. The lowest BCUT2D eigenvalue weighted by Gasteiger charge is -2.20. The summed E-state index contributed by atoms with van der Waals surface area (Å²) in [5, 5.41) is 3.61. The molecular weight excluding hydrogens is 551 g/mol. The summed E-state index contributed by atoms with van der Waals surface area (Å²) >= 11 is 12.3. The fourth-order valence-corrected chi connectivity index (χ4v) is 5.11. The van der Waals surface area contributed by atoms with E-state index in [4.69, 9.17) is 32.7 Å². The Morgan fingerprint density at radius 2 is 1.60 bits per heavy atom. The molecule has 0 spiro atoms. The number of hydrogen-bond donors (Lipinski definition) is 1. The van der Waals surface area contributed by atoms with Crippen LogP contribution >= 0.6 is 23.2 Å². The number of amides is 1. The van der Waals surface area contributed by atoms with E-state index in [9.17, 15) is 14.4 Å². The molecule has 1 aliphatic heterocycles. The van der Waals surface area contributed by atoms with E-state index in [1.165, 1.54) is 0 Å². The normalized spacial score (nSPS) is 13.0. The Morgan fingerprint density at radius 1 is 0.875 bits per heavy atom. The van der Waals surface area contributed by atoms with Gasteiger partial charge in [0.1, 0.15) is 19.1 Å². The van der Waals surface area contributed by atoms with Gasteiger partial charge in [-0.15, -0.1) is 0 Å². The lowest BCUT2D eigenvalue weighted by Crippen LogP contribution is -2.32. The standard InChI is InChI=1S/C31H26Cl2N2O5/c1-18-14-23(19(2)35(18)22-9-10-25(32)26(33)16-22)27(36)17-24(30(37)20-6-4-3-5-7-20)31(38)34-21-8-11-28-29(15-21)40-13-12-39-28/h3-11,14-16,24H,12-13,17H2,1-2H3,(H,34,38)/t24-/m0/s1. The van der Waals surface area contributed by atoms with Crippen molar-refractivity contribution >= 4 is 46.4 Å². The van der Waals surface area contributed by atoms with Gasteiger partial charge in [-0.1, -0.05) is 53.5 Å². The summed E-state index contributed by atoms with van der Waals surface area (Å²) in [7, 11) is 0. The maximum Gasteiger partial charge on any atom is 0.235 e. The highest BCUT2D eigenvalue weighted by atomic mass is 35.5. The minimum Gasteiger partial charge on any atom is -0.486 e. The quantitative estimate of drug-likeness (QED) is 0.182. The SMILES string of the molecule is Cc1cc(C(=O)C[C@H](C(=O)Nc2ccc3c(c2)OCCO3)C(=O)c2ccccc2)c(C)n1-c1ccc(Cl)c(Cl)c1. The van der Waals surface area contributed by atoms with Gasteiger partial charge in [0.2, 0.25) is 5.91 Å². The number of hydrogen-bond acceptors (Lipinski definition) is 5. The van der Waals surface area contributed by atoms with E-state index < -0.39 is 17.6 Å². The van der Waals surface area contributed by atoms with E-state index in [0.717, 1.165) is 11.4 Å². The van der Waals surface area contributed by atoms with Gasteiger partial charge in [-0.3, -0.25) is 14.4 Å². The smallest absolute Gasteiger partial charge is 0.235 e. The Labute approximate surface area is 241 Å². The van der Waals surface area contributed by atoms with Crippen molar-refractivity contribution in [3.8, 4) is 17.2 Å². The number of benzene rings is 3. The lowest BCUT2D eigenvalue weighted by molar-refractivity contribution is -0.118. The Balaban J connectivity index is 1.44. The Hall–Kier alpha value is -4.07. The van der Waals surface area contributed by atoms with Crippen molar-refractivity contribution in [2.45, 2.75) is 20.3 Å². The molecule has 7 nitrogen and oxygen atoms in total. The van der Waals surface area contributed by atoms with Gasteiger partial charge in [0.05, 0.1) is 10.0 Å². The number of fused-ring (bicyclic) bond motifs is 1. The summed E-state index contributed by atoms with van der Waals surface area (Å²) in [4.78, 5) is 40.7. The first-order valence-corrected chi connectivity index (χ1v) is 13.5. The fourth-order valence-electron chi connectivity index (χ4n) is 4.82. The van der Waals surface area contributed by atoms with Gasteiger partial charge in [-0.25, -0.2) is 0 Å². The van der Waals surface area contributed by atoms with Crippen LogP contribution in [0.4, 0.5) is 5.69 Å². The summed E-state index contributed by atoms with van der Waals surface area (Å²) in [6.45, 7) is 4.52. The van der Waals surface area contributed by atoms with Gasteiger partial charge in [0, 0.05) is 46.4 Å². The zero-order valence-corrected chi connectivity index (χ0v) is 23.4. The lowest BCUT2D eigenvalue weighted by atomic mass is 9.90. The van der Waals surface area contributed by atoms with Crippen molar-refractivity contribution < 1.29 is 23.9 Å². The average molecular weight is 577 g/mol. The van der Waals surface area contributed by atoms with Crippen LogP contribution in [0.1, 0.15) is 38.5 Å². The summed E-state index contributed by atoms with van der Waals surface area (Å²) < 4.78 is 13.0. The van der Waals surface area contributed by atoms with Crippen LogP contribution in [-0.2, 0) is 4.79 Å². The molecule has 0 fully saturated rings. The number of nitrogens with zero attached hydrogens (tertiary/aromatic N) is 1. The summed E-state index contributed by atoms with van der Waals surface area (Å²) in [5.74, 6) is -1.53. The van der Waals surface area contributed by atoms with Crippen molar-refractivity contribution in [1.82, 2.24) is 4.57 Å². The van der Waals surface area contributed by atoms with E-state index in [2.05, 4.69) is 5.32 Å². The second kappa shape index (κ2) is 11.6. The molecule has 1 amide bonds. The molecule has 0 bridgehead atoms. The first-order chi connectivity index (χ1) is 19.2. The van der Waals surface area contributed by atoms with Crippen LogP contribution in [0, 0.1) is 19.8 Å². The van der Waals surface area contributed by atoms with Gasteiger partial charge >= 0.3 is 0 Å². The molecule has 0 saturated heterocycles. The average Bonchev–Trinajstić information content (AvgIpc) is 3.26. The van der Waals surface area contributed by atoms with Gasteiger partial charge in [-0.2, -0.15) is 0 Å². The molecule has 0 aliphatic carbocycles. The number of nitrogens with one attached hydrogen (secondary N) is 1. The van der Waals surface area contributed by atoms with Gasteiger partial charge in [0.15, 0.2) is 23.1 Å².